The van der Waals surface area contributed by atoms with Gasteiger partial charge in [0.05, 0.1) is 19.3 Å². The number of aliphatic hydroxyl groups is 1. The minimum atomic E-state index is -1.10. The van der Waals surface area contributed by atoms with Crippen molar-refractivity contribution in [3.63, 3.8) is 0 Å². The van der Waals surface area contributed by atoms with Gasteiger partial charge < -0.3 is 15.9 Å². The molecule has 0 bridgehead atoms. The van der Waals surface area contributed by atoms with Crippen molar-refractivity contribution >= 4 is 5.97 Å². The molecule has 0 saturated carbocycles. The predicted molar refractivity (Wildman–Crippen MR) is 41.6 cm³/mol. The molecule has 0 aliphatic heterocycles. The van der Waals surface area contributed by atoms with E-state index in [0.29, 0.717) is 5.69 Å². The predicted octanol–water partition coefficient (Wildman–Crippen LogP) is -1.82. The second kappa shape index (κ2) is 3.97. The van der Waals surface area contributed by atoms with Crippen molar-refractivity contribution < 1.29 is 15.0 Å². The first-order chi connectivity index (χ1) is 6.13. The Kier molecular flexibility index (Phi) is 2.93. The summed E-state index contributed by atoms with van der Waals surface area (Å²) in [6, 6.07) is -1.01. The maximum Gasteiger partial charge on any atom is 0.322 e. The molecule has 0 spiro atoms. The van der Waals surface area contributed by atoms with Crippen molar-refractivity contribution in [1.82, 2.24) is 15.0 Å². The topological polar surface area (TPSA) is 114 Å². The smallest absolute Gasteiger partial charge is 0.322 e. The van der Waals surface area contributed by atoms with E-state index in [-0.39, 0.29) is 13.2 Å². The summed E-state index contributed by atoms with van der Waals surface area (Å²) in [6.45, 7) is -0.176. The highest BCUT2D eigenvalue weighted by atomic mass is 16.4. The van der Waals surface area contributed by atoms with Crippen LogP contribution in [0.15, 0.2) is 6.20 Å². The number of rotatable bonds is 4. The summed E-state index contributed by atoms with van der Waals surface area (Å²) in [5, 5.41) is 24.2. The maximum absolute atomic E-state index is 10.3. The summed E-state index contributed by atoms with van der Waals surface area (Å²) in [4.78, 5) is 10.3. The molecule has 0 amide bonds. The van der Waals surface area contributed by atoms with Gasteiger partial charge in [0.15, 0.2) is 0 Å². The molecule has 0 saturated heterocycles. The van der Waals surface area contributed by atoms with Gasteiger partial charge >= 0.3 is 5.97 Å². The van der Waals surface area contributed by atoms with Crippen LogP contribution < -0.4 is 5.73 Å². The van der Waals surface area contributed by atoms with E-state index in [4.69, 9.17) is 15.9 Å². The van der Waals surface area contributed by atoms with Gasteiger partial charge in [-0.25, -0.2) is 0 Å². The van der Waals surface area contributed by atoms with E-state index in [1.165, 1.54) is 10.9 Å². The second-order valence-corrected chi connectivity index (χ2v) is 2.53. The lowest BCUT2D eigenvalue weighted by molar-refractivity contribution is -0.138. The van der Waals surface area contributed by atoms with Crippen molar-refractivity contribution in [2.24, 2.45) is 5.73 Å². The van der Waals surface area contributed by atoms with Crippen LogP contribution in [0.5, 0.6) is 0 Å². The molecule has 7 nitrogen and oxygen atoms in total. The maximum atomic E-state index is 10.3. The van der Waals surface area contributed by atoms with Crippen LogP contribution in [-0.2, 0) is 17.9 Å². The largest absolute Gasteiger partial charge is 0.480 e. The molecule has 0 aliphatic carbocycles. The Morgan fingerprint density at radius 3 is 2.92 bits per heavy atom. The van der Waals surface area contributed by atoms with Gasteiger partial charge in [0.2, 0.25) is 0 Å². The van der Waals surface area contributed by atoms with Gasteiger partial charge in [-0.2, -0.15) is 0 Å². The number of carbonyl (C=O) groups is 1. The average molecular weight is 186 g/mol. The first kappa shape index (κ1) is 9.62. The summed E-state index contributed by atoms with van der Waals surface area (Å²) < 4.78 is 1.28. The lowest BCUT2D eigenvalue weighted by atomic mass is 10.3. The zero-order valence-electron chi connectivity index (χ0n) is 6.79. The highest BCUT2D eigenvalue weighted by molar-refractivity contribution is 5.72. The Morgan fingerprint density at radius 2 is 2.46 bits per heavy atom. The Hall–Kier alpha value is -1.47. The quantitative estimate of drug-likeness (QED) is 0.510. The van der Waals surface area contributed by atoms with Crippen LogP contribution in [0.1, 0.15) is 5.69 Å². The highest BCUT2D eigenvalue weighted by Crippen LogP contribution is 1.93. The third-order valence-corrected chi connectivity index (χ3v) is 1.45. The Bertz CT molecular complexity index is 298. The van der Waals surface area contributed by atoms with Gasteiger partial charge in [-0.15, -0.1) is 5.10 Å². The number of carboxylic acid groups (broad SMARTS) is 1. The minimum absolute atomic E-state index is 0.0440. The fraction of sp³-hybridized carbons (Fsp3) is 0.500. The molecule has 4 N–H and O–H groups in total. The normalized spacial score (nSPS) is 12.8. The van der Waals surface area contributed by atoms with Crippen molar-refractivity contribution in [1.29, 1.82) is 0 Å². The van der Waals surface area contributed by atoms with E-state index in [1.807, 2.05) is 0 Å². The molecular formula is C6H10N4O3. The summed E-state index contributed by atoms with van der Waals surface area (Å²) in [5.41, 5.74) is 5.64. The van der Waals surface area contributed by atoms with Crippen LogP contribution in [0.2, 0.25) is 0 Å². The minimum Gasteiger partial charge on any atom is -0.480 e. The van der Waals surface area contributed by atoms with E-state index in [0.717, 1.165) is 0 Å². The zero-order chi connectivity index (χ0) is 9.84. The molecule has 0 fully saturated rings. The molecule has 1 aromatic rings. The van der Waals surface area contributed by atoms with Gasteiger partial charge in [-0.3, -0.25) is 9.48 Å². The van der Waals surface area contributed by atoms with Gasteiger partial charge in [0, 0.05) is 0 Å². The summed E-state index contributed by atoms with van der Waals surface area (Å²) >= 11 is 0. The number of aromatic nitrogens is 3. The number of aliphatic hydroxyl groups excluding tert-OH is 1. The number of carboxylic acids is 1. The molecule has 13 heavy (non-hydrogen) atoms. The molecule has 7 heteroatoms. The molecule has 1 heterocycles. The first-order valence-electron chi connectivity index (χ1n) is 3.61. The van der Waals surface area contributed by atoms with Crippen LogP contribution in [-0.4, -0.2) is 37.2 Å². The first-order valence-corrected chi connectivity index (χ1v) is 3.61. The van der Waals surface area contributed by atoms with Gasteiger partial charge in [-0.1, -0.05) is 5.21 Å². The van der Waals surface area contributed by atoms with Crippen LogP contribution in [0.3, 0.4) is 0 Å². The van der Waals surface area contributed by atoms with Crippen molar-refractivity contribution in [3.05, 3.63) is 11.9 Å². The lowest BCUT2D eigenvalue weighted by Crippen LogP contribution is -2.34. The lowest BCUT2D eigenvalue weighted by Gasteiger charge is -2.04. The molecular weight excluding hydrogens is 176 g/mol. The fourth-order valence-electron chi connectivity index (χ4n) is 0.780. The SMILES string of the molecule is N[C@@H](Cn1cc(CO)nn1)C(=O)O. The third kappa shape index (κ3) is 2.49. The number of nitrogens with two attached hydrogens (primary N) is 1. The summed E-state index contributed by atoms with van der Waals surface area (Å²) in [7, 11) is 0. The summed E-state index contributed by atoms with van der Waals surface area (Å²) in [6.07, 6.45) is 1.45. The van der Waals surface area contributed by atoms with Crippen molar-refractivity contribution in [3.8, 4) is 0 Å². The van der Waals surface area contributed by atoms with Crippen LogP contribution in [0.25, 0.3) is 0 Å². The molecule has 0 unspecified atom stereocenters. The Balaban J connectivity index is 2.58. The number of hydrogen-bond acceptors (Lipinski definition) is 5. The Morgan fingerprint density at radius 1 is 1.77 bits per heavy atom. The molecule has 0 radical (unpaired) electrons. The van der Waals surface area contributed by atoms with E-state index >= 15 is 0 Å². The fourth-order valence-corrected chi connectivity index (χ4v) is 0.780. The monoisotopic (exact) mass is 186 g/mol. The second-order valence-electron chi connectivity index (χ2n) is 2.53. The van der Waals surface area contributed by atoms with Crippen molar-refractivity contribution in [2.75, 3.05) is 0 Å². The standard InChI is InChI=1S/C6H10N4O3/c7-5(6(12)13)2-10-1-4(3-11)8-9-10/h1,5,11H,2-3,7H2,(H,12,13)/t5-/m0/s1. The zero-order valence-corrected chi connectivity index (χ0v) is 6.79. The number of hydrogen-bond donors (Lipinski definition) is 3. The van der Waals surface area contributed by atoms with E-state index in [9.17, 15) is 4.79 Å². The number of nitrogens with zero attached hydrogens (tertiary/aromatic N) is 3. The highest BCUT2D eigenvalue weighted by Gasteiger charge is 2.12. The summed E-state index contributed by atoms with van der Waals surface area (Å²) in [5.74, 6) is -1.10. The molecule has 1 aromatic heterocycles. The number of aliphatic carboxylic acids is 1. The van der Waals surface area contributed by atoms with Crippen molar-refractivity contribution in [2.45, 2.75) is 19.2 Å². The molecule has 0 aromatic carbocycles. The molecule has 72 valence electrons. The van der Waals surface area contributed by atoms with Gasteiger partial charge in [-0.05, 0) is 0 Å². The van der Waals surface area contributed by atoms with Crippen LogP contribution in [0.4, 0.5) is 0 Å². The van der Waals surface area contributed by atoms with E-state index in [1.54, 1.807) is 0 Å². The van der Waals surface area contributed by atoms with Crippen LogP contribution >= 0.6 is 0 Å². The van der Waals surface area contributed by atoms with E-state index in [2.05, 4.69) is 10.3 Å². The van der Waals surface area contributed by atoms with Crippen LogP contribution in [0, 0.1) is 0 Å². The molecule has 0 aliphatic rings. The average Bonchev–Trinajstić information content (AvgIpc) is 2.52. The molecule has 1 atom stereocenters. The molecule has 1 rings (SSSR count). The third-order valence-electron chi connectivity index (χ3n) is 1.45. The Labute approximate surface area is 73.8 Å². The van der Waals surface area contributed by atoms with Gasteiger partial charge in [0.25, 0.3) is 0 Å². The van der Waals surface area contributed by atoms with Gasteiger partial charge in [0.1, 0.15) is 11.7 Å². The van der Waals surface area contributed by atoms with E-state index < -0.39 is 12.0 Å².